The van der Waals surface area contributed by atoms with E-state index in [0.717, 1.165) is 11.1 Å². The second-order valence-electron chi connectivity index (χ2n) is 5.69. The second-order valence-corrected chi connectivity index (χ2v) is 5.69. The van der Waals surface area contributed by atoms with Crippen LogP contribution in [0.5, 0.6) is 0 Å². The number of anilines is 1. The molecule has 0 aliphatic heterocycles. The van der Waals surface area contributed by atoms with E-state index in [1.54, 1.807) is 6.07 Å². The van der Waals surface area contributed by atoms with Crippen molar-refractivity contribution in [2.45, 2.75) is 19.4 Å². The minimum absolute atomic E-state index is 0.00516. The Labute approximate surface area is 144 Å². The number of fused-ring (bicyclic) bond motifs is 1. The number of benzene rings is 2. The van der Waals surface area contributed by atoms with Crippen molar-refractivity contribution in [3.05, 3.63) is 70.1 Å². The van der Waals surface area contributed by atoms with Crippen molar-refractivity contribution in [1.29, 1.82) is 0 Å². The molecule has 6 nitrogen and oxygen atoms in total. The molecular weight excluding hydrogens is 320 g/mol. The molecule has 0 unspecified atom stereocenters. The van der Waals surface area contributed by atoms with Gasteiger partial charge in [-0.1, -0.05) is 42.5 Å². The van der Waals surface area contributed by atoms with Crippen molar-refractivity contribution < 1.29 is 13.9 Å². The minimum atomic E-state index is -0.717. The Hall–Kier alpha value is -3.15. The molecule has 0 fully saturated rings. The molecule has 6 heteroatoms. The van der Waals surface area contributed by atoms with Gasteiger partial charge < -0.3 is 14.5 Å². The Morgan fingerprint density at radius 1 is 1.20 bits per heavy atom. The van der Waals surface area contributed by atoms with Crippen LogP contribution in [0, 0.1) is 6.92 Å². The van der Waals surface area contributed by atoms with Crippen molar-refractivity contribution >= 4 is 22.9 Å². The molecule has 0 saturated carbocycles. The maximum absolute atomic E-state index is 12.2. The van der Waals surface area contributed by atoms with Crippen LogP contribution in [-0.2, 0) is 16.0 Å². The Bertz CT molecular complexity index is 951. The molecule has 1 atom stereocenters. The lowest BCUT2D eigenvalue weighted by atomic mass is 10.1. The van der Waals surface area contributed by atoms with Gasteiger partial charge in [0.25, 0.3) is 6.01 Å². The largest absolute Gasteiger partial charge is 0.467 e. The smallest absolute Gasteiger partial charge is 0.348 e. The number of carbonyl (C=O) groups is 1. The van der Waals surface area contributed by atoms with Gasteiger partial charge in [0.1, 0.15) is 6.04 Å². The van der Waals surface area contributed by atoms with Crippen molar-refractivity contribution in [3.63, 3.8) is 0 Å². The number of esters is 1. The number of ether oxygens (including phenoxy) is 1. The molecule has 128 valence electrons. The molecule has 0 radical (unpaired) electrons. The van der Waals surface area contributed by atoms with Gasteiger partial charge in [0.2, 0.25) is 0 Å². The number of aryl methyl sites for hydroxylation is 1. The van der Waals surface area contributed by atoms with Crippen molar-refractivity contribution in [3.8, 4) is 0 Å². The fourth-order valence-corrected chi connectivity index (χ4v) is 2.68. The molecule has 0 aliphatic rings. The molecule has 1 aromatic heterocycles. The van der Waals surface area contributed by atoms with E-state index < -0.39 is 17.6 Å². The summed E-state index contributed by atoms with van der Waals surface area (Å²) in [5.74, 6) is -0.461. The predicted octanol–water partition coefficient (Wildman–Crippen LogP) is 2.69. The summed E-state index contributed by atoms with van der Waals surface area (Å²) in [5.41, 5.74) is 1.76. The molecule has 0 saturated heterocycles. The first-order valence-electron chi connectivity index (χ1n) is 7.87. The summed E-state index contributed by atoms with van der Waals surface area (Å²) < 4.78 is 10.1. The van der Waals surface area contributed by atoms with Crippen molar-refractivity contribution in [2.24, 2.45) is 0 Å². The molecule has 2 aromatic carbocycles. The van der Waals surface area contributed by atoms with Crippen LogP contribution in [0.3, 0.4) is 0 Å². The number of hydrogen-bond acceptors (Lipinski definition) is 6. The highest BCUT2D eigenvalue weighted by atomic mass is 16.5. The van der Waals surface area contributed by atoms with Crippen LogP contribution in [0.25, 0.3) is 10.9 Å². The summed E-state index contributed by atoms with van der Waals surface area (Å²) in [6, 6.07) is 14.1. The fourth-order valence-electron chi connectivity index (χ4n) is 2.68. The van der Waals surface area contributed by atoms with Crippen molar-refractivity contribution in [1.82, 2.24) is 4.98 Å². The average Bonchev–Trinajstić information content (AvgIpc) is 2.61. The first-order valence-corrected chi connectivity index (χ1v) is 7.87. The van der Waals surface area contributed by atoms with Gasteiger partial charge in [-0.05, 0) is 24.1 Å². The molecule has 0 aliphatic carbocycles. The van der Waals surface area contributed by atoms with Gasteiger partial charge in [-0.3, -0.25) is 0 Å². The summed E-state index contributed by atoms with van der Waals surface area (Å²) in [6.45, 7) is 1.82. The van der Waals surface area contributed by atoms with E-state index >= 15 is 0 Å². The monoisotopic (exact) mass is 338 g/mol. The van der Waals surface area contributed by atoms with Crippen LogP contribution in [0.1, 0.15) is 11.1 Å². The van der Waals surface area contributed by atoms with Crippen molar-refractivity contribution in [2.75, 3.05) is 12.4 Å². The van der Waals surface area contributed by atoms with E-state index in [1.807, 2.05) is 49.4 Å². The van der Waals surface area contributed by atoms with Crippen LogP contribution in [0.2, 0.25) is 0 Å². The number of aromatic nitrogens is 1. The Morgan fingerprint density at radius 3 is 2.68 bits per heavy atom. The number of nitrogens with zero attached hydrogens (tertiary/aromatic N) is 1. The molecule has 0 amide bonds. The zero-order valence-electron chi connectivity index (χ0n) is 14.0. The Balaban J connectivity index is 1.93. The van der Waals surface area contributed by atoms with Gasteiger partial charge in [-0.15, -0.1) is 0 Å². The van der Waals surface area contributed by atoms with E-state index in [2.05, 4.69) is 10.3 Å². The SMILES string of the molecule is COC(=O)[C@H](Cc1ccccc1)Nc1nc2cccc(C)c2c(=O)o1. The van der Waals surface area contributed by atoms with E-state index in [0.29, 0.717) is 17.3 Å². The molecule has 1 heterocycles. The lowest BCUT2D eigenvalue weighted by Gasteiger charge is -2.16. The topological polar surface area (TPSA) is 81.4 Å². The maximum atomic E-state index is 12.2. The minimum Gasteiger partial charge on any atom is -0.467 e. The summed E-state index contributed by atoms with van der Waals surface area (Å²) in [7, 11) is 1.31. The van der Waals surface area contributed by atoms with Crippen LogP contribution < -0.4 is 10.9 Å². The second kappa shape index (κ2) is 7.17. The third-order valence-electron chi connectivity index (χ3n) is 3.93. The lowest BCUT2D eigenvalue weighted by Crippen LogP contribution is -2.33. The van der Waals surface area contributed by atoms with Crippen LogP contribution >= 0.6 is 0 Å². The van der Waals surface area contributed by atoms with E-state index in [1.165, 1.54) is 7.11 Å². The molecular formula is C19H18N2O4. The van der Waals surface area contributed by atoms with Gasteiger partial charge in [0.15, 0.2) is 0 Å². The zero-order chi connectivity index (χ0) is 17.8. The highest BCUT2D eigenvalue weighted by Gasteiger charge is 2.22. The predicted molar refractivity (Wildman–Crippen MR) is 94.6 cm³/mol. The highest BCUT2D eigenvalue weighted by Crippen LogP contribution is 2.16. The number of carbonyl (C=O) groups excluding carboxylic acids is 1. The normalized spacial score (nSPS) is 11.9. The summed E-state index contributed by atoms with van der Waals surface area (Å²) in [4.78, 5) is 28.6. The molecule has 1 N–H and O–H groups in total. The third-order valence-corrected chi connectivity index (χ3v) is 3.93. The van der Waals surface area contributed by atoms with Crippen LogP contribution in [-0.4, -0.2) is 24.1 Å². The number of hydrogen-bond donors (Lipinski definition) is 1. The Kier molecular flexibility index (Phi) is 4.79. The number of nitrogens with one attached hydrogen (secondary N) is 1. The first-order chi connectivity index (χ1) is 12.1. The number of methoxy groups -OCH3 is 1. The van der Waals surface area contributed by atoms with Gasteiger partial charge in [-0.25, -0.2) is 9.59 Å². The van der Waals surface area contributed by atoms with Gasteiger partial charge in [0.05, 0.1) is 18.0 Å². The standard InChI is InChI=1S/C19H18N2O4/c1-12-7-6-10-14-16(12)18(23)25-19(20-14)21-15(17(22)24-2)11-13-8-4-3-5-9-13/h3-10,15H,11H2,1-2H3,(H,20,21)/t15-/m0/s1. The van der Waals surface area contributed by atoms with E-state index in [9.17, 15) is 9.59 Å². The molecule has 0 bridgehead atoms. The average molecular weight is 338 g/mol. The van der Waals surface area contributed by atoms with E-state index in [-0.39, 0.29) is 6.01 Å². The van der Waals surface area contributed by atoms with E-state index in [4.69, 9.17) is 9.15 Å². The third kappa shape index (κ3) is 3.68. The summed E-state index contributed by atoms with van der Waals surface area (Å²) in [6.07, 6.45) is 0.380. The molecule has 3 aromatic rings. The molecule has 0 spiro atoms. The van der Waals surface area contributed by atoms with Gasteiger partial charge in [0, 0.05) is 6.42 Å². The quantitative estimate of drug-likeness (QED) is 0.720. The number of rotatable bonds is 5. The van der Waals surface area contributed by atoms with Gasteiger partial charge in [-0.2, -0.15) is 4.98 Å². The molecule has 25 heavy (non-hydrogen) atoms. The van der Waals surface area contributed by atoms with Gasteiger partial charge >= 0.3 is 11.6 Å². The first kappa shape index (κ1) is 16.7. The van der Waals surface area contributed by atoms with Crippen LogP contribution in [0.4, 0.5) is 6.01 Å². The fraction of sp³-hybridized carbons (Fsp3) is 0.211. The Morgan fingerprint density at radius 2 is 1.96 bits per heavy atom. The van der Waals surface area contributed by atoms with Crippen LogP contribution in [0.15, 0.2) is 57.7 Å². The summed E-state index contributed by atoms with van der Waals surface area (Å²) >= 11 is 0. The highest BCUT2D eigenvalue weighted by molar-refractivity contribution is 5.82. The summed E-state index contributed by atoms with van der Waals surface area (Å²) in [5, 5.41) is 3.31. The lowest BCUT2D eigenvalue weighted by molar-refractivity contribution is -0.141. The zero-order valence-corrected chi connectivity index (χ0v) is 14.0. The molecule has 3 rings (SSSR count). The maximum Gasteiger partial charge on any atom is 0.348 e.